The molecule has 0 aromatic heterocycles. The quantitative estimate of drug-likeness (QED) is 0.835. The largest absolute Gasteiger partial charge is 0.492 e. The van der Waals surface area contributed by atoms with E-state index in [0.717, 1.165) is 22.4 Å². The van der Waals surface area contributed by atoms with E-state index in [2.05, 4.69) is 5.32 Å². The Morgan fingerprint density at radius 3 is 2.56 bits per heavy atom. The summed E-state index contributed by atoms with van der Waals surface area (Å²) in [7, 11) is 0. The van der Waals surface area contributed by atoms with Crippen molar-refractivity contribution < 1.29 is 24.2 Å². The molecule has 142 valence electrons. The third kappa shape index (κ3) is 3.89. The van der Waals surface area contributed by atoms with E-state index in [4.69, 9.17) is 9.47 Å². The summed E-state index contributed by atoms with van der Waals surface area (Å²) in [6.45, 7) is 7.97. The fraction of sp³-hybridized carbons (Fsp3) is 0.333. The Kier molecular flexibility index (Phi) is 5.08. The lowest BCUT2D eigenvalue weighted by Crippen LogP contribution is -2.23. The third-order valence-electron chi connectivity index (χ3n) is 4.57. The van der Waals surface area contributed by atoms with Gasteiger partial charge < -0.3 is 19.9 Å². The molecule has 1 aliphatic rings. The topological polar surface area (TPSA) is 84.9 Å². The molecule has 1 aliphatic heterocycles. The minimum absolute atomic E-state index is 0.0796. The van der Waals surface area contributed by atoms with Gasteiger partial charge in [-0.3, -0.25) is 4.79 Å². The molecule has 1 unspecified atom stereocenters. The molecule has 2 N–H and O–H groups in total. The van der Waals surface area contributed by atoms with Crippen LogP contribution in [-0.4, -0.2) is 29.7 Å². The number of hydrogen-bond donors (Lipinski definition) is 2. The predicted molar refractivity (Wildman–Crippen MR) is 102 cm³/mol. The minimum Gasteiger partial charge on any atom is -0.492 e. The zero-order valence-corrected chi connectivity index (χ0v) is 15.8. The number of carboxylic acid groups (broad SMARTS) is 1. The number of aryl methyl sites for hydroxylation is 2. The fourth-order valence-corrected chi connectivity index (χ4v) is 3.03. The van der Waals surface area contributed by atoms with Crippen LogP contribution >= 0.6 is 0 Å². The van der Waals surface area contributed by atoms with Crippen LogP contribution in [0.5, 0.6) is 11.5 Å². The first-order chi connectivity index (χ1) is 12.8. The number of amides is 1. The molecule has 1 amide bonds. The summed E-state index contributed by atoms with van der Waals surface area (Å²) in [6.07, 6.45) is -0.113. The molecule has 6 nitrogen and oxygen atoms in total. The SMILES string of the molecule is Cc1cc2c(cc1C)C(C(=O)Nc1cc(C(=O)O)ccc1OC(C)C)CO2. The number of hydrogen-bond acceptors (Lipinski definition) is 4. The van der Waals surface area contributed by atoms with Gasteiger partial charge in [-0.1, -0.05) is 6.07 Å². The smallest absolute Gasteiger partial charge is 0.335 e. The van der Waals surface area contributed by atoms with Crippen LogP contribution in [0.2, 0.25) is 0 Å². The fourth-order valence-electron chi connectivity index (χ4n) is 3.03. The number of fused-ring (bicyclic) bond motifs is 1. The number of nitrogens with one attached hydrogen (secondary N) is 1. The number of carbonyl (C=O) groups excluding carboxylic acids is 1. The molecule has 3 rings (SSSR count). The summed E-state index contributed by atoms with van der Waals surface area (Å²) in [5, 5.41) is 12.1. The molecule has 1 heterocycles. The summed E-state index contributed by atoms with van der Waals surface area (Å²) in [5.74, 6) is -0.631. The zero-order valence-electron chi connectivity index (χ0n) is 15.8. The molecule has 0 saturated carbocycles. The molecule has 0 fully saturated rings. The molecule has 0 radical (unpaired) electrons. The Balaban J connectivity index is 1.89. The van der Waals surface area contributed by atoms with E-state index >= 15 is 0 Å². The molecule has 2 aromatic carbocycles. The van der Waals surface area contributed by atoms with Gasteiger partial charge in [0.15, 0.2) is 0 Å². The molecular formula is C21H23NO5. The Bertz CT molecular complexity index is 904. The summed E-state index contributed by atoms with van der Waals surface area (Å²) in [4.78, 5) is 24.2. The van der Waals surface area contributed by atoms with Gasteiger partial charge >= 0.3 is 5.97 Å². The van der Waals surface area contributed by atoms with Crippen molar-refractivity contribution in [3.05, 3.63) is 52.6 Å². The summed E-state index contributed by atoms with van der Waals surface area (Å²) in [5.41, 5.74) is 3.46. The molecular weight excluding hydrogens is 346 g/mol. The highest BCUT2D eigenvalue weighted by Gasteiger charge is 2.31. The highest BCUT2D eigenvalue weighted by atomic mass is 16.5. The number of aromatic carboxylic acids is 1. The Morgan fingerprint density at radius 2 is 1.89 bits per heavy atom. The van der Waals surface area contributed by atoms with Crippen molar-refractivity contribution in [2.24, 2.45) is 0 Å². The first-order valence-corrected chi connectivity index (χ1v) is 8.85. The number of ether oxygens (including phenoxy) is 2. The predicted octanol–water partition coefficient (Wildman–Crippen LogP) is 3.90. The maximum atomic E-state index is 12.9. The molecule has 27 heavy (non-hydrogen) atoms. The van der Waals surface area contributed by atoms with Crippen LogP contribution in [0.4, 0.5) is 5.69 Å². The first-order valence-electron chi connectivity index (χ1n) is 8.85. The van der Waals surface area contributed by atoms with Gasteiger partial charge in [-0.25, -0.2) is 4.79 Å². The van der Waals surface area contributed by atoms with Gasteiger partial charge in [-0.2, -0.15) is 0 Å². The second-order valence-electron chi connectivity index (χ2n) is 7.01. The van der Waals surface area contributed by atoms with E-state index in [-0.39, 0.29) is 24.2 Å². The van der Waals surface area contributed by atoms with Crippen LogP contribution in [0.3, 0.4) is 0 Å². The van der Waals surface area contributed by atoms with Crippen LogP contribution in [0.1, 0.15) is 46.8 Å². The monoisotopic (exact) mass is 369 g/mol. The lowest BCUT2D eigenvalue weighted by atomic mass is 9.96. The van der Waals surface area contributed by atoms with Gasteiger partial charge in [0, 0.05) is 5.56 Å². The lowest BCUT2D eigenvalue weighted by molar-refractivity contribution is -0.117. The zero-order chi connectivity index (χ0) is 19.7. The van der Waals surface area contributed by atoms with Crippen molar-refractivity contribution in [1.82, 2.24) is 0 Å². The maximum Gasteiger partial charge on any atom is 0.335 e. The minimum atomic E-state index is -1.07. The second-order valence-corrected chi connectivity index (χ2v) is 7.01. The summed E-state index contributed by atoms with van der Waals surface area (Å²) < 4.78 is 11.4. The van der Waals surface area contributed by atoms with Crippen LogP contribution in [0, 0.1) is 13.8 Å². The van der Waals surface area contributed by atoms with Gasteiger partial charge in [0.2, 0.25) is 5.91 Å². The van der Waals surface area contributed by atoms with Crippen LogP contribution in [0.25, 0.3) is 0 Å². The van der Waals surface area contributed by atoms with E-state index in [0.29, 0.717) is 11.4 Å². The third-order valence-corrected chi connectivity index (χ3v) is 4.57. The maximum absolute atomic E-state index is 12.9. The van der Waals surface area contributed by atoms with Crippen molar-refractivity contribution >= 4 is 17.6 Å². The lowest BCUT2D eigenvalue weighted by Gasteiger charge is -2.17. The average Bonchev–Trinajstić information content (AvgIpc) is 2.99. The number of benzene rings is 2. The van der Waals surface area contributed by atoms with Crippen LogP contribution in [0.15, 0.2) is 30.3 Å². The van der Waals surface area contributed by atoms with Gasteiger partial charge in [0.1, 0.15) is 24.0 Å². The highest BCUT2D eigenvalue weighted by molar-refractivity contribution is 5.99. The molecule has 1 atom stereocenters. The molecule has 0 saturated heterocycles. The van der Waals surface area contributed by atoms with Crippen molar-refractivity contribution in [3.63, 3.8) is 0 Å². The van der Waals surface area contributed by atoms with Gasteiger partial charge in [-0.05, 0) is 63.1 Å². The Hall–Kier alpha value is -3.02. The number of carbonyl (C=O) groups is 2. The Labute approximate surface area is 158 Å². The highest BCUT2D eigenvalue weighted by Crippen LogP contribution is 2.37. The standard InChI is InChI=1S/C21H23NO5/c1-11(2)27-18-6-5-14(21(24)25)9-17(18)22-20(23)16-10-26-19-8-13(4)12(3)7-15(16)19/h5-9,11,16H,10H2,1-4H3,(H,22,23)(H,24,25). The van der Waals surface area contributed by atoms with E-state index in [1.54, 1.807) is 6.07 Å². The van der Waals surface area contributed by atoms with Crippen molar-refractivity contribution in [2.75, 3.05) is 11.9 Å². The molecule has 0 aliphatic carbocycles. The summed E-state index contributed by atoms with van der Waals surface area (Å²) in [6, 6.07) is 8.34. The average molecular weight is 369 g/mol. The van der Waals surface area contributed by atoms with Gasteiger partial charge in [-0.15, -0.1) is 0 Å². The Morgan fingerprint density at radius 1 is 1.19 bits per heavy atom. The number of carboxylic acids is 1. The van der Waals surface area contributed by atoms with E-state index in [1.165, 1.54) is 12.1 Å². The van der Waals surface area contributed by atoms with E-state index in [1.807, 2.05) is 39.8 Å². The number of rotatable bonds is 5. The van der Waals surface area contributed by atoms with E-state index < -0.39 is 11.9 Å². The summed E-state index contributed by atoms with van der Waals surface area (Å²) >= 11 is 0. The normalized spacial score (nSPS) is 15.2. The molecule has 2 aromatic rings. The second kappa shape index (κ2) is 7.31. The molecule has 0 spiro atoms. The van der Waals surface area contributed by atoms with Crippen LogP contribution < -0.4 is 14.8 Å². The van der Waals surface area contributed by atoms with Crippen molar-refractivity contribution in [3.8, 4) is 11.5 Å². The van der Waals surface area contributed by atoms with Gasteiger partial charge in [0.25, 0.3) is 0 Å². The van der Waals surface area contributed by atoms with Crippen molar-refractivity contribution in [2.45, 2.75) is 39.7 Å². The van der Waals surface area contributed by atoms with E-state index in [9.17, 15) is 14.7 Å². The molecule has 0 bridgehead atoms. The number of anilines is 1. The molecule has 6 heteroatoms. The van der Waals surface area contributed by atoms with Gasteiger partial charge in [0.05, 0.1) is 17.4 Å². The van der Waals surface area contributed by atoms with Crippen molar-refractivity contribution in [1.29, 1.82) is 0 Å². The van der Waals surface area contributed by atoms with Crippen LogP contribution in [-0.2, 0) is 4.79 Å². The first kappa shape index (κ1) is 18.8.